The molecule has 1 amide bonds. The molecule has 2 aromatic rings. The molecule has 0 bridgehead atoms. The topological polar surface area (TPSA) is 50.2 Å². The predicted octanol–water partition coefficient (Wildman–Crippen LogP) is 2.28. The van der Waals surface area contributed by atoms with Crippen LogP contribution in [0.25, 0.3) is 5.69 Å². The summed E-state index contributed by atoms with van der Waals surface area (Å²) in [5.74, 6) is -0.0876. The number of benzene rings is 1. The van der Waals surface area contributed by atoms with Crippen LogP contribution in [-0.4, -0.2) is 53.8 Å². The van der Waals surface area contributed by atoms with Gasteiger partial charge in [0.1, 0.15) is 5.69 Å². The van der Waals surface area contributed by atoms with Crippen LogP contribution in [0.5, 0.6) is 0 Å². The van der Waals surface area contributed by atoms with E-state index in [2.05, 4.69) is 15.2 Å². The number of aromatic nitrogens is 2. The van der Waals surface area contributed by atoms with Crippen molar-refractivity contribution in [3.63, 3.8) is 0 Å². The molecular weight excluding hydrogens is 296 g/mol. The van der Waals surface area contributed by atoms with E-state index in [-0.39, 0.29) is 5.91 Å². The molecule has 0 aliphatic heterocycles. The zero-order valence-corrected chi connectivity index (χ0v) is 14.1. The zero-order chi connectivity index (χ0) is 15.9. The first kappa shape index (κ1) is 16.6. The number of amides is 1. The molecule has 0 saturated heterocycles. The third-order valence-corrected chi connectivity index (χ3v) is 3.88. The molecule has 118 valence electrons. The molecule has 1 heterocycles. The second kappa shape index (κ2) is 8.00. The molecule has 6 heteroatoms. The van der Waals surface area contributed by atoms with Gasteiger partial charge >= 0.3 is 0 Å². The number of hydrogen-bond donors (Lipinski definition) is 1. The minimum absolute atomic E-state index is 0.0876. The highest BCUT2D eigenvalue weighted by Crippen LogP contribution is 2.21. The standard InChI is InChI=1S/C16H22N4OS/c1-19(2)11-7-10-17-15(21)14-12-18-16(22-3)20(14)13-8-5-4-6-9-13/h4-6,8-9,12H,7,10-11H2,1-3H3,(H,17,21). The van der Waals surface area contributed by atoms with Crippen LogP contribution in [0.2, 0.25) is 0 Å². The van der Waals surface area contributed by atoms with Gasteiger partial charge in [0.25, 0.3) is 5.91 Å². The Kier molecular flexibility index (Phi) is 6.03. The lowest BCUT2D eigenvalue weighted by molar-refractivity contribution is 0.0945. The van der Waals surface area contributed by atoms with Crippen LogP contribution in [-0.2, 0) is 0 Å². The van der Waals surface area contributed by atoms with Crippen molar-refractivity contribution in [2.24, 2.45) is 0 Å². The molecule has 0 saturated carbocycles. The molecule has 22 heavy (non-hydrogen) atoms. The Labute approximate surface area is 135 Å². The minimum Gasteiger partial charge on any atom is -0.351 e. The lowest BCUT2D eigenvalue weighted by atomic mass is 10.3. The Morgan fingerprint density at radius 1 is 1.32 bits per heavy atom. The van der Waals surface area contributed by atoms with E-state index < -0.39 is 0 Å². The van der Waals surface area contributed by atoms with E-state index in [1.54, 1.807) is 6.20 Å². The van der Waals surface area contributed by atoms with Crippen molar-refractivity contribution in [2.75, 3.05) is 33.4 Å². The summed E-state index contributed by atoms with van der Waals surface area (Å²) >= 11 is 1.53. The van der Waals surface area contributed by atoms with Gasteiger partial charge in [-0.2, -0.15) is 0 Å². The van der Waals surface area contributed by atoms with Gasteiger partial charge in [-0.25, -0.2) is 4.98 Å². The van der Waals surface area contributed by atoms with E-state index in [0.717, 1.165) is 23.8 Å². The summed E-state index contributed by atoms with van der Waals surface area (Å²) in [5, 5.41) is 3.78. The van der Waals surface area contributed by atoms with Gasteiger partial charge in [0.15, 0.2) is 5.16 Å². The van der Waals surface area contributed by atoms with Gasteiger partial charge in [0, 0.05) is 12.2 Å². The summed E-state index contributed by atoms with van der Waals surface area (Å²) in [4.78, 5) is 18.9. The first-order valence-electron chi connectivity index (χ1n) is 7.23. The summed E-state index contributed by atoms with van der Waals surface area (Å²) in [7, 11) is 4.05. The summed E-state index contributed by atoms with van der Waals surface area (Å²) < 4.78 is 1.89. The number of carbonyl (C=O) groups excluding carboxylic acids is 1. The maximum absolute atomic E-state index is 12.4. The zero-order valence-electron chi connectivity index (χ0n) is 13.2. The van der Waals surface area contributed by atoms with Crippen LogP contribution in [0.4, 0.5) is 0 Å². The molecular formula is C16H22N4OS. The van der Waals surface area contributed by atoms with Crippen molar-refractivity contribution in [1.82, 2.24) is 19.8 Å². The average molecular weight is 318 g/mol. The Hall–Kier alpha value is -1.79. The lowest BCUT2D eigenvalue weighted by Gasteiger charge is -2.12. The number of imidazole rings is 1. The van der Waals surface area contributed by atoms with Crippen molar-refractivity contribution in [1.29, 1.82) is 0 Å². The van der Waals surface area contributed by atoms with Gasteiger partial charge < -0.3 is 10.2 Å². The second-order valence-corrected chi connectivity index (χ2v) is 5.99. The highest BCUT2D eigenvalue weighted by molar-refractivity contribution is 7.98. The van der Waals surface area contributed by atoms with E-state index in [9.17, 15) is 4.79 Å². The van der Waals surface area contributed by atoms with Crippen LogP contribution in [0.1, 0.15) is 16.9 Å². The summed E-state index contributed by atoms with van der Waals surface area (Å²) in [6.45, 7) is 1.61. The number of para-hydroxylation sites is 1. The number of carbonyl (C=O) groups is 1. The monoisotopic (exact) mass is 318 g/mol. The summed E-state index contributed by atoms with van der Waals surface area (Å²) in [6, 6.07) is 9.82. The molecule has 2 rings (SSSR count). The summed E-state index contributed by atoms with van der Waals surface area (Å²) in [6.07, 6.45) is 4.52. The Morgan fingerprint density at radius 3 is 2.68 bits per heavy atom. The van der Waals surface area contributed by atoms with Crippen molar-refractivity contribution in [3.8, 4) is 5.69 Å². The Balaban J connectivity index is 2.14. The fourth-order valence-electron chi connectivity index (χ4n) is 2.15. The Morgan fingerprint density at radius 2 is 2.05 bits per heavy atom. The largest absolute Gasteiger partial charge is 0.351 e. The molecule has 1 N–H and O–H groups in total. The number of thioether (sulfide) groups is 1. The van der Waals surface area contributed by atoms with Crippen molar-refractivity contribution >= 4 is 17.7 Å². The molecule has 1 aromatic heterocycles. The average Bonchev–Trinajstić information content (AvgIpc) is 2.96. The maximum Gasteiger partial charge on any atom is 0.269 e. The van der Waals surface area contributed by atoms with Crippen LogP contribution in [0.3, 0.4) is 0 Å². The van der Waals surface area contributed by atoms with E-state index in [0.29, 0.717) is 12.2 Å². The van der Waals surface area contributed by atoms with Crippen LogP contribution in [0.15, 0.2) is 41.7 Å². The van der Waals surface area contributed by atoms with Gasteiger partial charge in [0.05, 0.1) is 6.20 Å². The highest BCUT2D eigenvalue weighted by atomic mass is 32.2. The maximum atomic E-state index is 12.4. The molecule has 0 fully saturated rings. The first-order chi connectivity index (χ1) is 10.6. The first-order valence-corrected chi connectivity index (χ1v) is 8.46. The lowest BCUT2D eigenvalue weighted by Crippen LogP contribution is -2.28. The van der Waals surface area contributed by atoms with Gasteiger partial charge in [-0.15, -0.1) is 0 Å². The smallest absolute Gasteiger partial charge is 0.269 e. The fraction of sp³-hybridized carbons (Fsp3) is 0.375. The van der Waals surface area contributed by atoms with Crippen LogP contribution < -0.4 is 5.32 Å². The number of nitrogens with zero attached hydrogens (tertiary/aromatic N) is 3. The number of rotatable bonds is 7. The second-order valence-electron chi connectivity index (χ2n) is 5.21. The van der Waals surface area contributed by atoms with Gasteiger partial charge in [-0.1, -0.05) is 30.0 Å². The Bertz CT molecular complexity index is 610. The molecule has 0 radical (unpaired) electrons. The van der Waals surface area contributed by atoms with Crippen LogP contribution >= 0.6 is 11.8 Å². The molecule has 0 atom stereocenters. The van der Waals surface area contributed by atoms with Gasteiger partial charge in [0.2, 0.25) is 0 Å². The van der Waals surface area contributed by atoms with Gasteiger partial charge in [-0.05, 0) is 45.4 Å². The third-order valence-electron chi connectivity index (χ3n) is 3.23. The molecule has 1 aromatic carbocycles. The highest BCUT2D eigenvalue weighted by Gasteiger charge is 2.17. The van der Waals surface area contributed by atoms with Gasteiger partial charge in [-0.3, -0.25) is 9.36 Å². The van der Waals surface area contributed by atoms with Crippen molar-refractivity contribution in [3.05, 3.63) is 42.2 Å². The van der Waals surface area contributed by atoms with E-state index in [1.165, 1.54) is 11.8 Å². The SMILES string of the molecule is CSc1ncc(C(=O)NCCCN(C)C)n1-c1ccccc1. The molecule has 5 nitrogen and oxygen atoms in total. The minimum atomic E-state index is -0.0876. The quantitative estimate of drug-likeness (QED) is 0.628. The predicted molar refractivity (Wildman–Crippen MR) is 90.8 cm³/mol. The van der Waals surface area contributed by atoms with E-state index >= 15 is 0 Å². The normalized spacial score (nSPS) is 10.9. The number of hydrogen-bond acceptors (Lipinski definition) is 4. The third kappa shape index (κ3) is 4.11. The van der Waals surface area contributed by atoms with E-state index in [1.807, 2.05) is 55.3 Å². The molecule has 0 aliphatic rings. The molecule has 0 unspecified atom stereocenters. The van der Waals surface area contributed by atoms with Crippen molar-refractivity contribution < 1.29 is 4.79 Å². The summed E-state index contributed by atoms with van der Waals surface area (Å²) in [5.41, 5.74) is 1.52. The fourth-order valence-corrected chi connectivity index (χ4v) is 2.70. The van der Waals surface area contributed by atoms with Crippen LogP contribution in [0, 0.1) is 0 Å². The number of nitrogens with one attached hydrogen (secondary N) is 1. The van der Waals surface area contributed by atoms with E-state index in [4.69, 9.17) is 0 Å². The van der Waals surface area contributed by atoms with Crippen molar-refractivity contribution in [2.45, 2.75) is 11.6 Å². The molecule has 0 spiro atoms. The molecule has 0 aliphatic carbocycles.